The van der Waals surface area contributed by atoms with Gasteiger partial charge < -0.3 is 5.32 Å². The first-order valence-electron chi connectivity index (χ1n) is 6.80. The van der Waals surface area contributed by atoms with E-state index in [9.17, 15) is 0 Å². The van der Waals surface area contributed by atoms with E-state index < -0.39 is 0 Å². The van der Waals surface area contributed by atoms with Crippen molar-refractivity contribution >= 4 is 5.82 Å². The highest BCUT2D eigenvalue weighted by Gasteiger charge is 2.06. The minimum absolute atomic E-state index is 0.132. The van der Waals surface area contributed by atoms with E-state index in [1.165, 1.54) is 0 Å². The predicted molar refractivity (Wildman–Crippen MR) is 79.2 cm³/mol. The molecule has 0 spiro atoms. The molecule has 0 fully saturated rings. The minimum atomic E-state index is 0.132. The number of nitrogens with one attached hydrogen (secondary N) is 1. The second kappa shape index (κ2) is 6.67. The summed E-state index contributed by atoms with van der Waals surface area (Å²) in [7, 11) is 0. The number of benzene rings is 1. The molecule has 20 heavy (non-hydrogen) atoms. The largest absolute Gasteiger partial charge is 0.363 e. The van der Waals surface area contributed by atoms with Crippen molar-refractivity contribution in [2.45, 2.75) is 32.7 Å². The van der Waals surface area contributed by atoms with Crippen molar-refractivity contribution in [3.63, 3.8) is 0 Å². The van der Waals surface area contributed by atoms with E-state index >= 15 is 0 Å². The highest BCUT2D eigenvalue weighted by atomic mass is 15.0. The zero-order chi connectivity index (χ0) is 14.4. The van der Waals surface area contributed by atoms with Crippen LogP contribution in [0.4, 0.5) is 5.82 Å². The fraction of sp³-hybridized carbons (Fsp3) is 0.312. The van der Waals surface area contributed by atoms with Gasteiger partial charge in [-0.1, -0.05) is 25.5 Å². The van der Waals surface area contributed by atoms with Crippen LogP contribution >= 0.6 is 0 Å². The standard InChI is InChI=1S/C16H18N4/c1-3-4-15-9-16(19-11-18-15)20-12(2)14-7-5-13(10-17)6-8-14/h5-9,11-12H,3-4H2,1-2H3,(H,18,19,20). The van der Waals surface area contributed by atoms with Crippen LogP contribution < -0.4 is 5.32 Å². The number of hydrogen-bond donors (Lipinski definition) is 1. The second-order valence-corrected chi connectivity index (χ2v) is 4.74. The molecule has 4 heteroatoms. The maximum absolute atomic E-state index is 8.80. The predicted octanol–water partition coefficient (Wildman–Crippen LogP) is 3.47. The highest BCUT2D eigenvalue weighted by molar-refractivity contribution is 5.40. The van der Waals surface area contributed by atoms with E-state index in [4.69, 9.17) is 5.26 Å². The number of nitrogens with zero attached hydrogens (tertiary/aromatic N) is 3. The minimum Gasteiger partial charge on any atom is -0.363 e. The Morgan fingerprint density at radius 1 is 1.25 bits per heavy atom. The molecule has 1 atom stereocenters. The number of rotatable bonds is 5. The molecule has 0 aliphatic heterocycles. The van der Waals surface area contributed by atoms with Crippen molar-refractivity contribution < 1.29 is 0 Å². The number of aryl methyl sites for hydroxylation is 1. The van der Waals surface area contributed by atoms with Crippen molar-refractivity contribution in [2.24, 2.45) is 0 Å². The average Bonchev–Trinajstić information content (AvgIpc) is 2.48. The van der Waals surface area contributed by atoms with E-state index in [1.54, 1.807) is 6.33 Å². The molecule has 0 radical (unpaired) electrons. The molecule has 0 bridgehead atoms. The summed E-state index contributed by atoms with van der Waals surface area (Å²) in [6.07, 6.45) is 3.63. The van der Waals surface area contributed by atoms with Gasteiger partial charge in [0.15, 0.2) is 0 Å². The van der Waals surface area contributed by atoms with Crippen LogP contribution in [-0.4, -0.2) is 9.97 Å². The van der Waals surface area contributed by atoms with Gasteiger partial charge in [-0.3, -0.25) is 0 Å². The molecule has 1 N–H and O–H groups in total. The fourth-order valence-corrected chi connectivity index (χ4v) is 2.02. The Hall–Kier alpha value is -2.41. The summed E-state index contributed by atoms with van der Waals surface area (Å²) >= 11 is 0. The van der Waals surface area contributed by atoms with Crippen LogP contribution in [0.2, 0.25) is 0 Å². The smallest absolute Gasteiger partial charge is 0.130 e. The Labute approximate surface area is 119 Å². The van der Waals surface area contributed by atoms with Crippen molar-refractivity contribution in [1.82, 2.24) is 9.97 Å². The van der Waals surface area contributed by atoms with Crippen molar-refractivity contribution in [3.8, 4) is 6.07 Å². The zero-order valence-electron chi connectivity index (χ0n) is 11.8. The summed E-state index contributed by atoms with van der Waals surface area (Å²) in [5.74, 6) is 0.834. The van der Waals surface area contributed by atoms with Crippen LogP contribution in [0, 0.1) is 11.3 Å². The van der Waals surface area contributed by atoms with Gasteiger partial charge in [-0.2, -0.15) is 5.26 Å². The molecule has 0 amide bonds. The molecular weight excluding hydrogens is 248 g/mol. The van der Waals surface area contributed by atoms with Gasteiger partial charge in [-0.05, 0) is 31.0 Å². The fourth-order valence-electron chi connectivity index (χ4n) is 2.02. The average molecular weight is 266 g/mol. The van der Waals surface area contributed by atoms with Gasteiger partial charge in [0.1, 0.15) is 12.1 Å². The molecule has 1 unspecified atom stereocenters. The first kappa shape index (κ1) is 14.0. The number of nitriles is 1. The van der Waals surface area contributed by atoms with Crippen LogP contribution in [0.1, 0.15) is 43.1 Å². The molecule has 2 rings (SSSR count). The maximum Gasteiger partial charge on any atom is 0.130 e. The third-order valence-corrected chi connectivity index (χ3v) is 3.13. The Kier molecular flexibility index (Phi) is 4.67. The highest BCUT2D eigenvalue weighted by Crippen LogP contribution is 2.18. The molecule has 1 heterocycles. The first-order chi connectivity index (χ1) is 9.72. The normalized spacial score (nSPS) is 11.7. The van der Waals surface area contributed by atoms with Gasteiger partial charge in [-0.25, -0.2) is 9.97 Å². The van der Waals surface area contributed by atoms with Gasteiger partial charge in [0.2, 0.25) is 0 Å². The zero-order valence-corrected chi connectivity index (χ0v) is 11.8. The van der Waals surface area contributed by atoms with Crippen LogP contribution in [0.25, 0.3) is 0 Å². The maximum atomic E-state index is 8.80. The van der Waals surface area contributed by atoms with E-state index in [-0.39, 0.29) is 6.04 Å². The Bertz CT molecular complexity index is 599. The van der Waals surface area contributed by atoms with Crippen molar-refractivity contribution in [1.29, 1.82) is 5.26 Å². The lowest BCUT2D eigenvalue weighted by molar-refractivity contribution is 0.848. The summed E-state index contributed by atoms with van der Waals surface area (Å²) in [5, 5.41) is 12.2. The Balaban J connectivity index is 2.08. The lowest BCUT2D eigenvalue weighted by Gasteiger charge is -2.15. The molecule has 0 saturated carbocycles. The van der Waals surface area contributed by atoms with Gasteiger partial charge in [-0.15, -0.1) is 0 Å². The number of hydrogen-bond acceptors (Lipinski definition) is 4. The van der Waals surface area contributed by atoms with Crippen LogP contribution in [0.15, 0.2) is 36.7 Å². The SMILES string of the molecule is CCCc1cc(NC(C)c2ccc(C#N)cc2)ncn1. The van der Waals surface area contributed by atoms with Gasteiger partial charge >= 0.3 is 0 Å². The lowest BCUT2D eigenvalue weighted by Crippen LogP contribution is -2.08. The Morgan fingerprint density at radius 2 is 2.00 bits per heavy atom. The topological polar surface area (TPSA) is 61.6 Å². The van der Waals surface area contributed by atoms with Gasteiger partial charge in [0.25, 0.3) is 0 Å². The van der Waals surface area contributed by atoms with E-state index in [1.807, 2.05) is 30.3 Å². The monoisotopic (exact) mass is 266 g/mol. The lowest BCUT2D eigenvalue weighted by atomic mass is 10.1. The van der Waals surface area contributed by atoms with E-state index in [0.29, 0.717) is 5.56 Å². The first-order valence-corrected chi connectivity index (χ1v) is 6.80. The van der Waals surface area contributed by atoms with E-state index in [2.05, 4.69) is 35.2 Å². The third-order valence-electron chi connectivity index (χ3n) is 3.13. The molecule has 0 aliphatic rings. The molecule has 102 valence electrons. The summed E-state index contributed by atoms with van der Waals surface area (Å²) in [4.78, 5) is 8.49. The third kappa shape index (κ3) is 3.55. The molecule has 1 aromatic carbocycles. The molecule has 0 saturated heterocycles. The molecule has 4 nitrogen and oxygen atoms in total. The summed E-state index contributed by atoms with van der Waals surface area (Å²) in [6, 6.07) is 11.8. The van der Waals surface area contributed by atoms with Crippen LogP contribution in [-0.2, 0) is 6.42 Å². The van der Waals surface area contributed by atoms with Crippen molar-refractivity contribution in [3.05, 3.63) is 53.5 Å². The molecule has 2 aromatic rings. The van der Waals surface area contributed by atoms with Gasteiger partial charge in [0, 0.05) is 17.8 Å². The number of aromatic nitrogens is 2. The number of anilines is 1. The molecular formula is C16H18N4. The second-order valence-electron chi connectivity index (χ2n) is 4.74. The molecule has 0 aliphatic carbocycles. The summed E-state index contributed by atoms with van der Waals surface area (Å²) in [6.45, 7) is 4.21. The van der Waals surface area contributed by atoms with E-state index in [0.717, 1.165) is 29.9 Å². The Morgan fingerprint density at radius 3 is 2.65 bits per heavy atom. The van der Waals surface area contributed by atoms with Gasteiger partial charge in [0.05, 0.1) is 11.6 Å². The quantitative estimate of drug-likeness (QED) is 0.900. The van der Waals surface area contributed by atoms with Crippen LogP contribution in [0.3, 0.4) is 0 Å². The van der Waals surface area contributed by atoms with Crippen molar-refractivity contribution in [2.75, 3.05) is 5.32 Å². The molecule has 1 aromatic heterocycles. The summed E-state index contributed by atoms with van der Waals surface area (Å²) < 4.78 is 0. The summed E-state index contributed by atoms with van der Waals surface area (Å²) in [5.41, 5.74) is 2.85. The van der Waals surface area contributed by atoms with Crippen LogP contribution in [0.5, 0.6) is 0 Å².